The van der Waals surface area contributed by atoms with Gasteiger partial charge in [0.15, 0.2) is 0 Å². The predicted molar refractivity (Wildman–Crippen MR) is 84.4 cm³/mol. The Hall–Kier alpha value is -1.80. The molecule has 2 nitrogen and oxygen atoms in total. The van der Waals surface area contributed by atoms with Gasteiger partial charge in [-0.15, -0.1) is 0 Å². The molecule has 0 radical (unpaired) electrons. The van der Waals surface area contributed by atoms with Gasteiger partial charge in [-0.05, 0) is 54.8 Å². The van der Waals surface area contributed by atoms with Crippen LogP contribution < -0.4 is 10.1 Å². The van der Waals surface area contributed by atoms with Gasteiger partial charge in [0.25, 0.3) is 0 Å². The normalized spacial score (nSPS) is 12.2. The number of benzene rings is 2. The average Bonchev–Trinajstić information content (AvgIpc) is 2.48. The Morgan fingerprint density at radius 3 is 2.55 bits per heavy atom. The fraction of sp³-hybridized carbons (Fsp3) is 0.333. The van der Waals surface area contributed by atoms with Crippen molar-refractivity contribution in [2.75, 3.05) is 13.7 Å². The number of hydrogen-bond acceptors (Lipinski definition) is 2. The van der Waals surface area contributed by atoms with E-state index in [9.17, 15) is 0 Å². The summed E-state index contributed by atoms with van der Waals surface area (Å²) < 4.78 is 5.35. The van der Waals surface area contributed by atoms with Crippen LogP contribution in [0.5, 0.6) is 5.75 Å². The van der Waals surface area contributed by atoms with Crippen molar-refractivity contribution in [3.05, 3.63) is 64.7 Å². The zero-order valence-electron chi connectivity index (χ0n) is 12.7. The number of rotatable bonds is 5. The minimum absolute atomic E-state index is 0.204. The van der Waals surface area contributed by atoms with Gasteiger partial charge in [0.05, 0.1) is 13.2 Å². The lowest BCUT2D eigenvalue weighted by molar-refractivity contribution is 0.413. The Morgan fingerprint density at radius 1 is 1.10 bits per heavy atom. The second-order valence-corrected chi connectivity index (χ2v) is 5.06. The van der Waals surface area contributed by atoms with Crippen molar-refractivity contribution in [2.24, 2.45) is 0 Å². The lowest BCUT2D eigenvalue weighted by Gasteiger charge is -2.22. The summed E-state index contributed by atoms with van der Waals surface area (Å²) in [6.45, 7) is 7.41. The molecule has 0 aliphatic rings. The van der Waals surface area contributed by atoms with Gasteiger partial charge >= 0.3 is 0 Å². The third kappa shape index (κ3) is 3.02. The number of nitrogens with one attached hydrogen (secondary N) is 1. The average molecular weight is 269 g/mol. The molecule has 2 heteroatoms. The van der Waals surface area contributed by atoms with Crippen molar-refractivity contribution in [3.8, 4) is 5.75 Å². The molecule has 1 atom stereocenters. The maximum absolute atomic E-state index is 5.35. The van der Waals surface area contributed by atoms with E-state index in [0.717, 1.165) is 12.3 Å². The van der Waals surface area contributed by atoms with E-state index in [2.05, 4.69) is 56.4 Å². The summed E-state index contributed by atoms with van der Waals surface area (Å²) in [5.74, 6) is 0.899. The van der Waals surface area contributed by atoms with Crippen LogP contribution in [0.3, 0.4) is 0 Å². The van der Waals surface area contributed by atoms with E-state index in [0.29, 0.717) is 0 Å². The summed E-state index contributed by atoms with van der Waals surface area (Å²) >= 11 is 0. The van der Waals surface area contributed by atoms with Gasteiger partial charge in [0.1, 0.15) is 5.75 Å². The highest BCUT2D eigenvalue weighted by molar-refractivity contribution is 5.42. The zero-order valence-corrected chi connectivity index (χ0v) is 12.7. The monoisotopic (exact) mass is 269 g/mol. The first-order valence-electron chi connectivity index (χ1n) is 7.10. The molecule has 0 saturated carbocycles. The van der Waals surface area contributed by atoms with E-state index >= 15 is 0 Å². The number of methoxy groups -OCH3 is 1. The van der Waals surface area contributed by atoms with Crippen LogP contribution >= 0.6 is 0 Å². The maximum atomic E-state index is 5.35. The van der Waals surface area contributed by atoms with E-state index in [1.165, 1.54) is 22.3 Å². The van der Waals surface area contributed by atoms with Gasteiger partial charge in [-0.25, -0.2) is 0 Å². The van der Waals surface area contributed by atoms with Gasteiger partial charge in [0, 0.05) is 0 Å². The number of aryl methyl sites for hydroxylation is 1. The van der Waals surface area contributed by atoms with Crippen LogP contribution in [0, 0.1) is 13.8 Å². The molecule has 20 heavy (non-hydrogen) atoms. The van der Waals surface area contributed by atoms with Crippen LogP contribution in [-0.2, 0) is 0 Å². The smallest absolute Gasteiger partial charge is 0.119 e. The molecule has 0 aliphatic carbocycles. The Morgan fingerprint density at radius 2 is 1.85 bits per heavy atom. The first-order chi connectivity index (χ1) is 9.67. The van der Waals surface area contributed by atoms with E-state index in [4.69, 9.17) is 4.74 Å². The van der Waals surface area contributed by atoms with E-state index in [1.54, 1.807) is 7.11 Å². The lowest BCUT2D eigenvalue weighted by Crippen LogP contribution is -2.23. The largest absolute Gasteiger partial charge is 0.497 e. The molecule has 0 aromatic heterocycles. The third-order valence-corrected chi connectivity index (χ3v) is 3.79. The molecule has 0 amide bonds. The van der Waals surface area contributed by atoms with Gasteiger partial charge < -0.3 is 10.1 Å². The van der Waals surface area contributed by atoms with Crippen molar-refractivity contribution < 1.29 is 4.74 Å². The highest BCUT2D eigenvalue weighted by Crippen LogP contribution is 2.28. The summed E-state index contributed by atoms with van der Waals surface area (Å²) in [5.41, 5.74) is 5.24. The summed E-state index contributed by atoms with van der Waals surface area (Å²) in [5, 5.41) is 3.58. The van der Waals surface area contributed by atoms with Crippen LogP contribution in [0.15, 0.2) is 42.5 Å². The van der Waals surface area contributed by atoms with Crippen molar-refractivity contribution in [1.29, 1.82) is 0 Å². The zero-order chi connectivity index (χ0) is 14.5. The SMILES string of the molecule is CCNC(c1cccc(OC)c1)c1cccc(C)c1C. The summed E-state index contributed by atoms with van der Waals surface area (Å²) in [7, 11) is 1.71. The lowest BCUT2D eigenvalue weighted by atomic mass is 9.92. The quantitative estimate of drug-likeness (QED) is 0.885. The molecule has 0 aliphatic heterocycles. The highest BCUT2D eigenvalue weighted by atomic mass is 16.5. The number of ether oxygens (including phenoxy) is 1. The van der Waals surface area contributed by atoms with Crippen molar-refractivity contribution in [2.45, 2.75) is 26.8 Å². The van der Waals surface area contributed by atoms with Gasteiger partial charge in [0.2, 0.25) is 0 Å². The molecule has 0 fully saturated rings. The first kappa shape index (κ1) is 14.6. The molecule has 1 N–H and O–H groups in total. The molecule has 1 unspecified atom stereocenters. The Bertz CT molecular complexity index is 577. The Labute approximate surface area is 121 Å². The van der Waals surface area contributed by atoms with Gasteiger partial charge in [-0.1, -0.05) is 37.3 Å². The maximum Gasteiger partial charge on any atom is 0.119 e. The van der Waals surface area contributed by atoms with Crippen LogP contribution in [0.25, 0.3) is 0 Å². The minimum Gasteiger partial charge on any atom is -0.497 e. The summed E-state index contributed by atoms with van der Waals surface area (Å²) in [6.07, 6.45) is 0. The molecule has 0 bridgehead atoms. The standard InChI is InChI=1S/C18H23NO/c1-5-19-18(15-9-7-10-16(12-15)20-4)17-11-6-8-13(2)14(17)3/h6-12,18-19H,5H2,1-4H3. The molecule has 0 heterocycles. The van der Waals surface area contributed by atoms with Gasteiger partial charge in [-0.2, -0.15) is 0 Å². The molecule has 0 spiro atoms. The fourth-order valence-corrected chi connectivity index (χ4v) is 2.52. The molecule has 106 valence electrons. The summed E-state index contributed by atoms with van der Waals surface area (Å²) in [6, 6.07) is 15.0. The highest BCUT2D eigenvalue weighted by Gasteiger charge is 2.16. The van der Waals surface area contributed by atoms with Crippen LogP contribution in [-0.4, -0.2) is 13.7 Å². The van der Waals surface area contributed by atoms with Crippen molar-refractivity contribution >= 4 is 0 Å². The third-order valence-electron chi connectivity index (χ3n) is 3.79. The van der Waals surface area contributed by atoms with Crippen molar-refractivity contribution in [3.63, 3.8) is 0 Å². The second kappa shape index (κ2) is 6.58. The summed E-state index contributed by atoms with van der Waals surface area (Å²) in [4.78, 5) is 0. The molecule has 2 aromatic carbocycles. The van der Waals surface area contributed by atoms with E-state index in [1.807, 2.05) is 12.1 Å². The fourth-order valence-electron chi connectivity index (χ4n) is 2.52. The van der Waals surface area contributed by atoms with Crippen LogP contribution in [0.2, 0.25) is 0 Å². The van der Waals surface area contributed by atoms with Crippen molar-refractivity contribution in [1.82, 2.24) is 5.32 Å². The molecular formula is C18H23NO. The molecular weight excluding hydrogens is 246 g/mol. The van der Waals surface area contributed by atoms with E-state index in [-0.39, 0.29) is 6.04 Å². The molecule has 2 aromatic rings. The van der Waals surface area contributed by atoms with Crippen LogP contribution in [0.1, 0.15) is 35.2 Å². The van der Waals surface area contributed by atoms with Gasteiger partial charge in [-0.3, -0.25) is 0 Å². The first-order valence-corrected chi connectivity index (χ1v) is 7.10. The molecule has 2 rings (SSSR count). The molecule has 0 saturated heterocycles. The minimum atomic E-state index is 0.204. The Balaban J connectivity index is 2.47. The Kier molecular flexibility index (Phi) is 4.80. The second-order valence-electron chi connectivity index (χ2n) is 5.06. The van der Waals surface area contributed by atoms with Crippen LogP contribution in [0.4, 0.5) is 0 Å². The topological polar surface area (TPSA) is 21.3 Å². The van der Waals surface area contributed by atoms with E-state index < -0.39 is 0 Å². The number of hydrogen-bond donors (Lipinski definition) is 1. The predicted octanol–water partition coefficient (Wildman–Crippen LogP) is 4.01.